The maximum atomic E-state index is 5.98. The smallest absolute Gasteiger partial charge is 0.256 e. The van der Waals surface area contributed by atoms with Crippen molar-refractivity contribution in [1.29, 1.82) is 0 Å². The number of aromatic nitrogens is 5. The molecule has 2 aromatic rings. The largest absolute Gasteiger partial charge is 0.340 e. The molecule has 19 heavy (non-hydrogen) atoms. The third kappa shape index (κ3) is 2.66. The third-order valence-corrected chi connectivity index (χ3v) is 4.38. The summed E-state index contributed by atoms with van der Waals surface area (Å²) in [6, 6.07) is 2.27. The van der Waals surface area contributed by atoms with E-state index in [1.807, 2.05) is 24.9 Å². The Balaban J connectivity index is 1.93. The summed E-state index contributed by atoms with van der Waals surface area (Å²) in [5.41, 5.74) is 0. The van der Waals surface area contributed by atoms with Gasteiger partial charge in [-0.05, 0) is 29.8 Å². The lowest BCUT2D eigenvalue weighted by Crippen LogP contribution is -2.33. The second kappa shape index (κ2) is 5.34. The first-order valence-electron chi connectivity index (χ1n) is 5.96. The van der Waals surface area contributed by atoms with E-state index in [1.54, 1.807) is 17.1 Å². The average Bonchev–Trinajstić information content (AvgIpc) is 3.10. The summed E-state index contributed by atoms with van der Waals surface area (Å²) in [5.74, 6) is 3.31. The molecule has 2 aromatic heterocycles. The molecule has 3 rings (SSSR count). The SMILES string of the molecule is CN(c1nc(Cl)nc(-n2cccn2)n1)C1CCSC1. The van der Waals surface area contributed by atoms with Crippen LogP contribution in [0.3, 0.4) is 0 Å². The Hall–Kier alpha value is -1.34. The summed E-state index contributed by atoms with van der Waals surface area (Å²) in [5, 5.41) is 4.30. The van der Waals surface area contributed by atoms with E-state index >= 15 is 0 Å². The van der Waals surface area contributed by atoms with E-state index in [0.717, 1.165) is 12.2 Å². The van der Waals surface area contributed by atoms with Gasteiger partial charge in [-0.2, -0.15) is 31.8 Å². The summed E-state index contributed by atoms with van der Waals surface area (Å²) >= 11 is 7.93. The monoisotopic (exact) mass is 296 g/mol. The van der Waals surface area contributed by atoms with Crippen molar-refractivity contribution >= 4 is 29.3 Å². The Morgan fingerprint density at radius 1 is 1.42 bits per heavy atom. The van der Waals surface area contributed by atoms with Gasteiger partial charge in [0, 0.05) is 31.2 Å². The summed E-state index contributed by atoms with van der Waals surface area (Å²) < 4.78 is 1.58. The van der Waals surface area contributed by atoms with Gasteiger partial charge in [-0.15, -0.1) is 0 Å². The summed E-state index contributed by atoms with van der Waals surface area (Å²) in [6.07, 6.45) is 4.59. The number of nitrogens with zero attached hydrogens (tertiary/aromatic N) is 6. The molecule has 0 spiro atoms. The highest BCUT2D eigenvalue weighted by molar-refractivity contribution is 7.99. The number of thioether (sulfide) groups is 1. The lowest BCUT2D eigenvalue weighted by Gasteiger charge is -2.23. The van der Waals surface area contributed by atoms with Crippen molar-refractivity contribution in [3.63, 3.8) is 0 Å². The minimum Gasteiger partial charge on any atom is -0.340 e. The van der Waals surface area contributed by atoms with E-state index in [9.17, 15) is 0 Å². The molecule has 1 aliphatic rings. The van der Waals surface area contributed by atoms with Crippen molar-refractivity contribution in [3.8, 4) is 5.95 Å². The van der Waals surface area contributed by atoms with Crippen LogP contribution in [0, 0.1) is 0 Å². The second-order valence-corrected chi connectivity index (χ2v) is 5.77. The fraction of sp³-hybridized carbons (Fsp3) is 0.455. The first kappa shape index (κ1) is 12.7. The lowest BCUT2D eigenvalue weighted by molar-refractivity contribution is 0.672. The fourth-order valence-electron chi connectivity index (χ4n) is 1.97. The second-order valence-electron chi connectivity index (χ2n) is 4.28. The van der Waals surface area contributed by atoms with Crippen LogP contribution >= 0.6 is 23.4 Å². The van der Waals surface area contributed by atoms with Gasteiger partial charge in [-0.25, -0.2) is 4.68 Å². The molecular formula is C11H13ClN6S. The zero-order chi connectivity index (χ0) is 13.2. The number of halogens is 1. The molecule has 3 heterocycles. The zero-order valence-electron chi connectivity index (χ0n) is 10.4. The van der Waals surface area contributed by atoms with E-state index in [0.29, 0.717) is 17.9 Å². The van der Waals surface area contributed by atoms with Gasteiger partial charge in [-0.1, -0.05) is 0 Å². The predicted molar refractivity (Wildman–Crippen MR) is 76.1 cm³/mol. The first-order valence-corrected chi connectivity index (χ1v) is 7.49. The highest BCUT2D eigenvalue weighted by Gasteiger charge is 2.23. The Morgan fingerprint density at radius 2 is 2.32 bits per heavy atom. The molecule has 0 aromatic carbocycles. The maximum absolute atomic E-state index is 5.98. The average molecular weight is 297 g/mol. The van der Waals surface area contributed by atoms with Crippen molar-refractivity contribution < 1.29 is 0 Å². The minimum atomic E-state index is 0.188. The van der Waals surface area contributed by atoms with Gasteiger partial charge >= 0.3 is 0 Å². The summed E-state index contributed by atoms with van der Waals surface area (Å²) in [6.45, 7) is 0. The molecule has 8 heteroatoms. The van der Waals surface area contributed by atoms with Crippen LogP contribution in [0.15, 0.2) is 18.5 Å². The number of anilines is 1. The molecule has 0 aliphatic carbocycles. The molecule has 1 atom stereocenters. The van der Waals surface area contributed by atoms with Crippen molar-refractivity contribution in [3.05, 3.63) is 23.7 Å². The fourth-order valence-corrected chi connectivity index (χ4v) is 3.39. The van der Waals surface area contributed by atoms with Crippen LogP contribution in [0.4, 0.5) is 5.95 Å². The van der Waals surface area contributed by atoms with E-state index in [4.69, 9.17) is 11.6 Å². The molecule has 0 bridgehead atoms. The standard InChI is InChI=1S/C11H13ClN6S/c1-17(8-3-6-19-7-8)10-14-9(12)15-11(16-10)18-5-2-4-13-18/h2,4-5,8H,3,6-7H2,1H3. The van der Waals surface area contributed by atoms with Gasteiger partial charge in [0.25, 0.3) is 5.95 Å². The van der Waals surface area contributed by atoms with E-state index in [2.05, 4.69) is 25.0 Å². The highest BCUT2D eigenvalue weighted by atomic mass is 35.5. The molecule has 0 N–H and O–H groups in total. The summed E-state index contributed by atoms with van der Waals surface area (Å²) in [7, 11) is 2.00. The van der Waals surface area contributed by atoms with E-state index in [-0.39, 0.29) is 5.28 Å². The quantitative estimate of drug-likeness (QED) is 0.858. The molecule has 0 amide bonds. The third-order valence-electron chi connectivity index (χ3n) is 3.06. The summed E-state index contributed by atoms with van der Waals surface area (Å²) in [4.78, 5) is 14.8. The Labute approximate surface area is 120 Å². The van der Waals surface area contributed by atoms with Crippen LogP contribution in [0.5, 0.6) is 0 Å². The number of hydrogen-bond donors (Lipinski definition) is 0. The van der Waals surface area contributed by atoms with Crippen molar-refractivity contribution in [2.24, 2.45) is 0 Å². The van der Waals surface area contributed by atoms with Crippen molar-refractivity contribution in [1.82, 2.24) is 24.7 Å². The normalized spacial score (nSPS) is 18.7. The van der Waals surface area contributed by atoms with E-state index in [1.165, 1.54) is 5.75 Å². The number of rotatable bonds is 3. The molecule has 1 fully saturated rings. The molecular weight excluding hydrogens is 284 g/mol. The topological polar surface area (TPSA) is 59.7 Å². The molecule has 100 valence electrons. The van der Waals surface area contributed by atoms with Crippen LogP contribution in [-0.4, -0.2) is 49.3 Å². The zero-order valence-corrected chi connectivity index (χ0v) is 12.0. The van der Waals surface area contributed by atoms with Gasteiger partial charge in [0.1, 0.15) is 0 Å². The van der Waals surface area contributed by atoms with Crippen molar-refractivity contribution in [2.75, 3.05) is 23.5 Å². The lowest BCUT2D eigenvalue weighted by atomic mass is 10.2. The molecule has 0 saturated carbocycles. The van der Waals surface area contributed by atoms with Crippen molar-refractivity contribution in [2.45, 2.75) is 12.5 Å². The minimum absolute atomic E-state index is 0.188. The maximum Gasteiger partial charge on any atom is 0.256 e. The molecule has 1 aliphatic heterocycles. The van der Waals surface area contributed by atoms with Crippen LogP contribution in [0.25, 0.3) is 5.95 Å². The highest BCUT2D eigenvalue weighted by Crippen LogP contribution is 2.24. The van der Waals surface area contributed by atoms with Crippen LogP contribution in [0.1, 0.15) is 6.42 Å². The Bertz CT molecular complexity index is 554. The molecule has 1 unspecified atom stereocenters. The first-order chi connectivity index (χ1) is 9.24. The Morgan fingerprint density at radius 3 is 3.00 bits per heavy atom. The van der Waals surface area contributed by atoms with Gasteiger partial charge in [-0.3, -0.25) is 0 Å². The van der Waals surface area contributed by atoms with Gasteiger partial charge in [0.05, 0.1) is 0 Å². The van der Waals surface area contributed by atoms with E-state index < -0.39 is 0 Å². The van der Waals surface area contributed by atoms with Crippen LogP contribution in [-0.2, 0) is 0 Å². The van der Waals surface area contributed by atoms with Gasteiger partial charge in [0.2, 0.25) is 11.2 Å². The van der Waals surface area contributed by atoms with Gasteiger partial charge in [0.15, 0.2) is 0 Å². The number of hydrogen-bond acceptors (Lipinski definition) is 6. The molecule has 6 nitrogen and oxygen atoms in total. The van der Waals surface area contributed by atoms with Gasteiger partial charge < -0.3 is 4.90 Å². The predicted octanol–water partition coefficient (Wildman–Crippen LogP) is 1.65. The molecule has 0 radical (unpaired) electrons. The Kier molecular flexibility index (Phi) is 3.56. The van der Waals surface area contributed by atoms with Crippen LogP contribution in [0.2, 0.25) is 5.28 Å². The molecule has 1 saturated heterocycles. The van der Waals surface area contributed by atoms with Crippen LogP contribution < -0.4 is 4.90 Å².